The third-order valence-electron chi connectivity index (χ3n) is 4.87. The number of benzene rings is 2. The SMILES string of the molecule is CC(=O)Oc1cccc(C(=O)NCCNC(=O)c2ccc3c(c2)C(=O)N(C(C)(C)C)C3=O)c1. The van der Waals surface area contributed by atoms with Crippen molar-refractivity contribution in [3.05, 3.63) is 64.7 Å². The lowest BCUT2D eigenvalue weighted by atomic mass is 10.1. The van der Waals surface area contributed by atoms with Gasteiger partial charge in [0.1, 0.15) is 5.75 Å². The molecule has 0 aromatic heterocycles. The van der Waals surface area contributed by atoms with E-state index in [0.29, 0.717) is 5.56 Å². The lowest BCUT2D eigenvalue weighted by Gasteiger charge is -2.29. The van der Waals surface area contributed by atoms with Crippen LogP contribution in [-0.4, -0.2) is 53.1 Å². The molecule has 0 saturated heterocycles. The van der Waals surface area contributed by atoms with E-state index in [0.717, 1.165) is 0 Å². The molecule has 2 N–H and O–H groups in total. The Kier molecular flexibility index (Phi) is 6.62. The van der Waals surface area contributed by atoms with E-state index in [2.05, 4.69) is 10.6 Å². The standard InChI is InChI=1S/C24H25N3O6/c1-14(28)33-17-7-5-6-15(12-17)20(29)25-10-11-26-21(30)16-8-9-18-19(13-16)23(32)27(22(18)31)24(2,3)4/h5-9,12-13H,10-11H2,1-4H3,(H,25,29)(H,26,30). The van der Waals surface area contributed by atoms with Gasteiger partial charge in [-0.1, -0.05) is 6.07 Å². The molecule has 0 spiro atoms. The summed E-state index contributed by atoms with van der Waals surface area (Å²) < 4.78 is 4.96. The predicted molar refractivity (Wildman–Crippen MR) is 119 cm³/mol. The number of imide groups is 1. The maximum atomic E-state index is 12.7. The summed E-state index contributed by atoms with van der Waals surface area (Å²) in [5, 5.41) is 5.33. The molecule has 3 rings (SSSR count). The van der Waals surface area contributed by atoms with Gasteiger partial charge < -0.3 is 15.4 Å². The van der Waals surface area contributed by atoms with Crippen molar-refractivity contribution in [1.29, 1.82) is 0 Å². The Balaban J connectivity index is 1.56. The molecule has 33 heavy (non-hydrogen) atoms. The number of rotatable bonds is 6. The largest absolute Gasteiger partial charge is 0.427 e. The van der Waals surface area contributed by atoms with Crippen molar-refractivity contribution in [1.82, 2.24) is 15.5 Å². The fraction of sp³-hybridized carbons (Fsp3) is 0.292. The van der Waals surface area contributed by atoms with Gasteiger partial charge in [-0.2, -0.15) is 0 Å². The minimum absolute atomic E-state index is 0.145. The zero-order chi connectivity index (χ0) is 24.3. The molecule has 0 unspecified atom stereocenters. The van der Waals surface area contributed by atoms with E-state index in [1.807, 2.05) is 0 Å². The Bertz CT molecular complexity index is 1150. The van der Waals surface area contributed by atoms with Gasteiger partial charge in [-0.05, 0) is 57.2 Å². The first kappa shape index (κ1) is 23.6. The fourth-order valence-electron chi connectivity index (χ4n) is 3.41. The highest BCUT2D eigenvalue weighted by atomic mass is 16.5. The molecule has 0 radical (unpaired) electrons. The topological polar surface area (TPSA) is 122 Å². The Morgan fingerprint density at radius 1 is 0.848 bits per heavy atom. The minimum atomic E-state index is -0.675. The van der Waals surface area contributed by atoms with Crippen molar-refractivity contribution in [2.45, 2.75) is 33.2 Å². The van der Waals surface area contributed by atoms with Crippen LogP contribution < -0.4 is 15.4 Å². The summed E-state index contributed by atoms with van der Waals surface area (Å²) in [7, 11) is 0. The molecular weight excluding hydrogens is 426 g/mol. The van der Waals surface area contributed by atoms with Crippen LogP contribution in [0, 0.1) is 0 Å². The van der Waals surface area contributed by atoms with E-state index >= 15 is 0 Å². The summed E-state index contributed by atoms with van der Waals surface area (Å²) in [6.45, 7) is 6.87. The Morgan fingerprint density at radius 2 is 1.42 bits per heavy atom. The number of hydrogen-bond acceptors (Lipinski definition) is 6. The van der Waals surface area contributed by atoms with Crippen LogP contribution in [0.15, 0.2) is 42.5 Å². The molecule has 2 aromatic carbocycles. The van der Waals surface area contributed by atoms with Gasteiger partial charge in [0.05, 0.1) is 11.1 Å². The van der Waals surface area contributed by atoms with Gasteiger partial charge in [0, 0.05) is 36.7 Å². The average Bonchev–Trinajstić information content (AvgIpc) is 3.00. The molecule has 0 bridgehead atoms. The number of fused-ring (bicyclic) bond motifs is 1. The second-order valence-corrected chi connectivity index (χ2v) is 8.51. The molecule has 0 fully saturated rings. The normalized spacial score (nSPS) is 12.9. The third kappa shape index (κ3) is 5.25. The summed E-state index contributed by atoms with van der Waals surface area (Å²) in [6.07, 6.45) is 0. The monoisotopic (exact) mass is 451 g/mol. The Hall–Kier alpha value is -4.01. The van der Waals surface area contributed by atoms with Gasteiger partial charge in [0.2, 0.25) is 0 Å². The lowest BCUT2D eigenvalue weighted by molar-refractivity contribution is -0.131. The highest BCUT2D eigenvalue weighted by Crippen LogP contribution is 2.29. The van der Waals surface area contributed by atoms with Crippen molar-refractivity contribution in [3.8, 4) is 5.75 Å². The molecular formula is C24H25N3O6. The first-order valence-electron chi connectivity index (χ1n) is 10.4. The molecule has 172 valence electrons. The van der Waals surface area contributed by atoms with Crippen LogP contribution in [0.3, 0.4) is 0 Å². The van der Waals surface area contributed by atoms with Crippen molar-refractivity contribution in [2.24, 2.45) is 0 Å². The maximum Gasteiger partial charge on any atom is 0.308 e. The molecule has 0 saturated carbocycles. The molecule has 2 aromatic rings. The van der Waals surface area contributed by atoms with Gasteiger partial charge in [0.25, 0.3) is 23.6 Å². The Morgan fingerprint density at radius 3 is 2.00 bits per heavy atom. The second-order valence-electron chi connectivity index (χ2n) is 8.51. The van der Waals surface area contributed by atoms with Crippen LogP contribution >= 0.6 is 0 Å². The molecule has 1 aliphatic rings. The lowest BCUT2D eigenvalue weighted by Crippen LogP contribution is -2.45. The number of nitrogens with one attached hydrogen (secondary N) is 2. The molecule has 4 amide bonds. The second kappa shape index (κ2) is 9.23. The number of ether oxygens (including phenoxy) is 1. The van der Waals surface area contributed by atoms with E-state index in [1.165, 1.54) is 36.1 Å². The quantitative estimate of drug-likeness (QED) is 0.300. The minimum Gasteiger partial charge on any atom is -0.427 e. The summed E-state index contributed by atoms with van der Waals surface area (Å²) in [5.74, 6) is -1.85. The first-order chi connectivity index (χ1) is 15.5. The van der Waals surface area contributed by atoms with Crippen LogP contribution in [0.2, 0.25) is 0 Å². The third-order valence-corrected chi connectivity index (χ3v) is 4.87. The zero-order valence-electron chi connectivity index (χ0n) is 18.9. The van der Waals surface area contributed by atoms with E-state index in [1.54, 1.807) is 39.0 Å². The van der Waals surface area contributed by atoms with Gasteiger partial charge in [0.15, 0.2) is 0 Å². The van der Waals surface area contributed by atoms with Gasteiger partial charge >= 0.3 is 5.97 Å². The van der Waals surface area contributed by atoms with Crippen molar-refractivity contribution < 1.29 is 28.7 Å². The maximum absolute atomic E-state index is 12.7. The average molecular weight is 451 g/mol. The highest BCUT2D eigenvalue weighted by Gasteiger charge is 2.42. The summed E-state index contributed by atoms with van der Waals surface area (Å²) in [5.41, 5.74) is 0.348. The van der Waals surface area contributed by atoms with E-state index in [9.17, 15) is 24.0 Å². The zero-order valence-corrected chi connectivity index (χ0v) is 18.9. The number of hydrogen-bond donors (Lipinski definition) is 2. The summed E-state index contributed by atoms with van der Waals surface area (Å²) in [6, 6.07) is 10.6. The molecule has 9 heteroatoms. The number of esters is 1. The number of carbonyl (C=O) groups is 5. The fourth-order valence-corrected chi connectivity index (χ4v) is 3.41. The first-order valence-corrected chi connectivity index (χ1v) is 10.4. The molecule has 1 aliphatic heterocycles. The van der Waals surface area contributed by atoms with Gasteiger partial charge in [-0.25, -0.2) is 0 Å². The number of carbonyl (C=O) groups excluding carboxylic acids is 5. The van der Waals surface area contributed by atoms with E-state index in [4.69, 9.17) is 4.74 Å². The van der Waals surface area contributed by atoms with Crippen LogP contribution in [0.25, 0.3) is 0 Å². The van der Waals surface area contributed by atoms with Crippen LogP contribution in [0.5, 0.6) is 5.75 Å². The van der Waals surface area contributed by atoms with Crippen molar-refractivity contribution in [3.63, 3.8) is 0 Å². The van der Waals surface area contributed by atoms with Gasteiger partial charge in [-0.15, -0.1) is 0 Å². The van der Waals surface area contributed by atoms with Crippen LogP contribution in [-0.2, 0) is 4.79 Å². The smallest absolute Gasteiger partial charge is 0.308 e. The highest BCUT2D eigenvalue weighted by molar-refractivity contribution is 6.22. The van der Waals surface area contributed by atoms with Crippen LogP contribution in [0.1, 0.15) is 69.1 Å². The van der Waals surface area contributed by atoms with Crippen molar-refractivity contribution >= 4 is 29.6 Å². The van der Waals surface area contributed by atoms with Crippen LogP contribution in [0.4, 0.5) is 0 Å². The van der Waals surface area contributed by atoms with Crippen molar-refractivity contribution in [2.75, 3.05) is 13.1 Å². The molecule has 9 nitrogen and oxygen atoms in total. The number of nitrogens with zero attached hydrogens (tertiary/aromatic N) is 1. The predicted octanol–water partition coefficient (Wildman–Crippen LogP) is 2.17. The summed E-state index contributed by atoms with van der Waals surface area (Å²) >= 11 is 0. The molecule has 1 heterocycles. The molecule has 0 aliphatic carbocycles. The van der Waals surface area contributed by atoms with Gasteiger partial charge in [-0.3, -0.25) is 28.9 Å². The van der Waals surface area contributed by atoms with E-state index < -0.39 is 23.3 Å². The summed E-state index contributed by atoms with van der Waals surface area (Å²) in [4.78, 5) is 62.2. The Labute approximate surface area is 191 Å². The number of amides is 4. The molecule has 0 atom stereocenters. The van der Waals surface area contributed by atoms with E-state index in [-0.39, 0.29) is 47.3 Å².